The number of nitrogens with zero attached hydrogens (tertiary/aromatic N) is 4. The molecule has 1 fully saturated rings. The molecule has 31 heavy (non-hydrogen) atoms. The normalized spacial score (nSPS) is 19.4. The summed E-state index contributed by atoms with van der Waals surface area (Å²) >= 11 is 0. The highest BCUT2D eigenvalue weighted by Gasteiger charge is 2.44. The Morgan fingerprint density at radius 1 is 1.00 bits per heavy atom. The van der Waals surface area contributed by atoms with E-state index in [2.05, 4.69) is 5.10 Å². The van der Waals surface area contributed by atoms with Crippen LogP contribution in [0.5, 0.6) is 0 Å². The fourth-order valence-electron chi connectivity index (χ4n) is 4.50. The van der Waals surface area contributed by atoms with E-state index in [-0.39, 0.29) is 30.1 Å². The molecule has 158 valence electrons. The number of carbonyl (C=O) groups excluding carboxylic acids is 1. The van der Waals surface area contributed by atoms with Crippen LogP contribution in [0, 0.1) is 18.7 Å². The van der Waals surface area contributed by atoms with Gasteiger partial charge in [-0.05, 0) is 36.8 Å². The Bertz CT molecular complexity index is 1280. The summed E-state index contributed by atoms with van der Waals surface area (Å²) < 4.78 is 15.9. The molecule has 8 heteroatoms. The van der Waals surface area contributed by atoms with E-state index in [0.29, 0.717) is 31.0 Å². The van der Waals surface area contributed by atoms with Gasteiger partial charge in [-0.15, -0.1) is 0 Å². The summed E-state index contributed by atoms with van der Waals surface area (Å²) in [6, 6.07) is 13.2. The summed E-state index contributed by atoms with van der Waals surface area (Å²) in [4.78, 5) is 39.8. The number of likely N-dealkylation sites (tertiary alicyclic amines) is 1. The fourth-order valence-corrected chi connectivity index (χ4v) is 4.50. The Hall–Kier alpha value is -3.55. The van der Waals surface area contributed by atoms with Crippen LogP contribution in [0.3, 0.4) is 0 Å². The van der Waals surface area contributed by atoms with Gasteiger partial charge in [0.1, 0.15) is 11.6 Å². The Balaban J connectivity index is 1.43. The van der Waals surface area contributed by atoms with Crippen LogP contribution in [-0.4, -0.2) is 38.2 Å². The minimum absolute atomic E-state index is 0.0271. The first-order valence-electron chi connectivity index (χ1n) is 10.2. The van der Waals surface area contributed by atoms with Crippen molar-refractivity contribution in [3.63, 3.8) is 0 Å². The molecular weight excluding hydrogens is 399 g/mol. The molecule has 0 bridgehead atoms. The van der Waals surface area contributed by atoms with Gasteiger partial charge in [-0.1, -0.05) is 29.8 Å². The van der Waals surface area contributed by atoms with Crippen molar-refractivity contribution >= 4 is 5.91 Å². The highest BCUT2D eigenvalue weighted by atomic mass is 19.1. The first-order valence-corrected chi connectivity index (χ1v) is 10.2. The number of amides is 1. The second-order valence-corrected chi connectivity index (χ2v) is 8.31. The first-order chi connectivity index (χ1) is 14.9. The minimum Gasteiger partial charge on any atom is -0.338 e. The smallest absolute Gasteiger partial charge is 0.332 e. The van der Waals surface area contributed by atoms with E-state index < -0.39 is 11.1 Å². The van der Waals surface area contributed by atoms with Crippen molar-refractivity contribution in [2.75, 3.05) is 13.1 Å². The van der Waals surface area contributed by atoms with Gasteiger partial charge in [0.05, 0.1) is 6.54 Å². The van der Waals surface area contributed by atoms with E-state index in [4.69, 9.17) is 0 Å². The Morgan fingerprint density at radius 3 is 2.42 bits per heavy atom. The molecule has 7 nitrogen and oxygen atoms in total. The van der Waals surface area contributed by atoms with Crippen LogP contribution in [0.25, 0.3) is 0 Å². The molecule has 0 saturated carbocycles. The summed E-state index contributed by atoms with van der Waals surface area (Å²) in [5, 5.41) is 4.53. The van der Waals surface area contributed by atoms with Crippen molar-refractivity contribution in [1.82, 2.24) is 19.2 Å². The molecule has 0 unspecified atom stereocenters. The predicted octanol–water partition coefficient (Wildman–Crippen LogP) is 1.77. The Kier molecular flexibility index (Phi) is 4.57. The number of aromatic nitrogens is 3. The van der Waals surface area contributed by atoms with Gasteiger partial charge in [-0.2, -0.15) is 5.10 Å². The Labute approximate surface area is 177 Å². The largest absolute Gasteiger partial charge is 0.338 e. The van der Waals surface area contributed by atoms with E-state index in [1.54, 1.807) is 4.90 Å². The molecule has 3 aromatic rings. The maximum absolute atomic E-state index is 13.2. The van der Waals surface area contributed by atoms with E-state index in [0.717, 1.165) is 11.1 Å². The topological polar surface area (TPSA) is 77.2 Å². The summed E-state index contributed by atoms with van der Waals surface area (Å²) in [5.74, 6) is -0.0903. The molecule has 1 saturated heterocycles. The number of aryl methyl sites for hydroxylation is 1. The van der Waals surface area contributed by atoms with Gasteiger partial charge in [-0.25, -0.2) is 9.07 Å². The van der Waals surface area contributed by atoms with Crippen molar-refractivity contribution in [1.29, 1.82) is 0 Å². The number of hydrogen-bond acceptors (Lipinski definition) is 4. The molecular formula is C23H21FN4O3. The Morgan fingerprint density at radius 2 is 1.71 bits per heavy atom. The van der Waals surface area contributed by atoms with Crippen LogP contribution in [-0.2, 0) is 13.1 Å². The lowest BCUT2D eigenvalue weighted by atomic mass is 10.00. The molecule has 2 aliphatic rings. The zero-order valence-electron chi connectivity index (χ0n) is 17.0. The van der Waals surface area contributed by atoms with Crippen molar-refractivity contribution in [3.05, 3.63) is 97.6 Å². The molecule has 0 aliphatic carbocycles. The van der Waals surface area contributed by atoms with Crippen LogP contribution in [0.1, 0.15) is 33.2 Å². The third-order valence-corrected chi connectivity index (χ3v) is 6.18. The number of benzene rings is 2. The number of carbonyl (C=O) groups is 1. The summed E-state index contributed by atoms with van der Waals surface area (Å²) in [6.45, 7) is 3.46. The summed E-state index contributed by atoms with van der Waals surface area (Å²) in [6.07, 6.45) is 0. The van der Waals surface area contributed by atoms with Gasteiger partial charge >= 0.3 is 11.1 Å². The van der Waals surface area contributed by atoms with Crippen molar-refractivity contribution in [2.24, 2.45) is 5.92 Å². The van der Waals surface area contributed by atoms with Crippen molar-refractivity contribution < 1.29 is 9.18 Å². The van der Waals surface area contributed by atoms with Crippen molar-refractivity contribution in [3.8, 4) is 0 Å². The highest BCUT2D eigenvalue weighted by Crippen LogP contribution is 2.37. The van der Waals surface area contributed by atoms with Crippen LogP contribution in [0.15, 0.2) is 58.1 Å². The lowest BCUT2D eigenvalue weighted by Gasteiger charge is -2.18. The number of halogens is 1. The minimum atomic E-state index is -0.636. The van der Waals surface area contributed by atoms with Gasteiger partial charge in [0.2, 0.25) is 0 Å². The standard InChI is InChI=1S/C23H21FN4O3/c1-14-2-4-15(5-3-14)10-28-23(31)22(30)27-12-17-11-26(13-19(17)20(27)25-28)21(29)16-6-8-18(24)9-7-16/h2-9,17,19H,10-13H2,1H3/t17-,19-/m0/s1. The third-order valence-electron chi connectivity index (χ3n) is 6.18. The number of hydrogen-bond donors (Lipinski definition) is 0. The fraction of sp³-hybridized carbons (Fsp3) is 0.304. The van der Waals surface area contributed by atoms with E-state index in [1.807, 2.05) is 31.2 Å². The molecule has 3 heterocycles. The van der Waals surface area contributed by atoms with Gasteiger partial charge in [0.25, 0.3) is 5.91 Å². The first kappa shape index (κ1) is 19.4. The molecule has 0 radical (unpaired) electrons. The van der Waals surface area contributed by atoms with E-state index >= 15 is 0 Å². The van der Waals surface area contributed by atoms with Crippen LogP contribution >= 0.6 is 0 Å². The third kappa shape index (κ3) is 3.37. The SMILES string of the molecule is Cc1ccc(Cn2nc3n(c(=O)c2=O)C[C@@H]2CN(C(=O)c4ccc(F)cc4)C[C@H]32)cc1. The second-order valence-electron chi connectivity index (χ2n) is 8.31. The highest BCUT2D eigenvalue weighted by molar-refractivity contribution is 5.94. The maximum atomic E-state index is 13.2. The number of rotatable bonds is 3. The lowest BCUT2D eigenvalue weighted by Crippen LogP contribution is -2.44. The number of fused-ring (bicyclic) bond motifs is 3. The molecule has 0 spiro atoms. The molecule has 2 atom stereocenters. The second kappa shape index (κ2) is 7.30. The average molecular weight is 420 g/mol. The quantitative estimate of drug-likeness (QED) is 0.605. The zero-order valence-corrected chi connectivity index (χ0v) is 17.0. The van der Waals surface area contributed by atoms with Crippen LogP contribution in [0.4, 0.5) is 4.39 Å². The molecule has 1 amide bonds. The van der Waals surface area contributed by atoms with Crippen LogP contribution in [0.2, 0.25) is 0 Å². The predicted molar refractivity (Wildman–Crippen MR) is 112 cm³/mol. The van der Waals surface area contributed by atoms with Gasteiger partial charge in [0, 0.05) is 37.0 Å². The van der Waals surface area contributed by atoms with Gasteiger partial charge < -0.3 is 4.90 Å². The zero-order chi connectivity index (χ0) is 21.7. The molecule has 0 N–H and O–H groups in total. The lowest BCUT2D eigenvalue weighted by molar-refractivity contribution is 0.0783. The molecule has 5 rings (SSSR count). The van der Waals surface area contributed by atoms with Crippen molar-refractivity contribution in [2.45, 2.75) is 25.9 Å². The maximum Gasteiger partial charge on any atom is 0.332 e. The summed E-state index contributed by atoms with van der Waals surface area (Å²) in [5.41, 5.74) is 1.22. The van der Waals surface area contributed by atoms with E-state index in [9.17, 15) is 18.8 Å². The van der Waals surface area contributed by atoms with Crippen LogP contribution < -0.4 is 11.1 Å². The van der Waals surface area contributed by atoms with Gasteiger partial charge in [0.15, 0.2) is 0 Å². The van der Waals surface area contributed by atoms with Gasteiger partial charge in [-0.3, -0.25) is 19.0 Å². The molecule has 2 aliphatic heterocycles. The monoisotopic (exact) mass is 420 g/mol. The average Bonchev–Trinajstić information content (AvgIpc) is 3.32. The molecule has 2 aromatic carbocycles. The molecule has 1 aromatic heterocycles. The van der Waals surface area contributed by atoms with E-state index in [1.165, 1.54) is 33.5 Å². The summed E-state index contributed by atoms with van der Waals surface area (Å²) in [7, 11) is 0.